The van der Waals surface area contributed by atoms with Crippen LogP contribution in [0, 0.1) is 17.0 Å². The molecule has 0 aliphatic rings. The summed E-state index contributed by atoms with van der Waals surface area (Å²) in [5.41, 5.74) is 0.745. The van der Waals surface area contributed by atoms with Crippen LogP contribution in [0.1, 0.15) is 16.1 Å². The number of carbonyl (C=O) groups excluding carboxylic acids is 1. The maximum atomic E-state index is 12.5. The molecule has 11 nitrogen and oxygen atoms in total. The maximum absolute atomic E-state index is 12.5. The first-order valence-corrected chi connectivity index (χ1v) is 9.30. The predicted octanol–water partition coefficient (Wildman–Crippen LogP) is 2.07. The Hall–Kier alpha value is -3.80. The lowest BCUT2D eigenvalue weighted by atomic mass is 10.2. The average molecular weight is 402 g/mol. The molecule has 12 heteroatoms. The van der Waals surface area contributed by atoms with E-state index in [1.165, 1.54) is 36.4 Å². The molecule has 1 heterocycles. The smallest absolute Gasteiger partial charge is 0.280 e. The van der Waals surface area contributed by atoms with Gasteiger partial charge >= 0.3 is 0 Å². The molecule has 0 radical (unpaired) electrons. The maximum Gasteiger partial charge on any atom is 0.280 e. The Kier molecular flexibility index (Phi) is 5.04. The molecule has 0 atom stereocenters. The van der Waals surface area contributed by atoms with Crippen molar-refractivity contribution in [3.63, 3.8) is 0 Å². The highest BCUT2D eigenvalue weighted by Gasteiger charge is 2.22. The largest absolute Gasteiger partial charge is 0.320 e. The molecule has 0 unspecified atom stereocenters. The first-order chi connectivity index (χ1) is 13.3. The van der Waals surface area contributed by atoms with Crippen LogP contribution in [0.3, 0.4) is 0 Å². The number of nitro groups is 1. The lowest BCUT2D eigenvalue weighted by Gasteiger charge is -2.07. The van der Waals surface area contributed by atoms with E-state index in [1.807, 2.05) is 6.92 Å². The molecule has 1 amide bonds. The van der Waals surface area contributed by atoms with Crippen LogP contribution in [-0.4, -0.2) is 34.7 Å². The molecular weight excluding hydrogens is 388 g/mol. The van der Waals surface area contributed by atoms with Gasteiger partial charge in [-0.1, -0.05) is 17.7 Å². The van der Waals surface area contributed by atoms with Gasteiger partial charge in [0.1, 0.15) is 0 Å². The second-order valence-corrected chi connectivity index (χ2v) is 7.38. The van der Waals surface area contributed by atoms with Crippen molar-refractivity contribution in [2.24, 2.45) is 0 Å². The third-order valence-electron chi connectivity index (χ3n) is 3.66. The van der Waals surface area contributed by atoms with E-state index in [-0.39, 0.29) is 27.8 Å². The van der Waals surface area contributed by atoms with Gasteiger partial charge < -0.3 is 5.32 Å². The first kappa shape index (κ1) is 19.0. The van der Waals surface area contributed by atoms with Gasteiger partial charge in [0.25, 0.3) is 21.6 Å². The van der Waals surface area contributed by atoms with Crippen molar-refractivity contribution < 1.29 is 18.1 Å². The van der Waals surface area contributed by atoms with Gasteiger partial charge in [0.15, 0.2) is 11.5 Å². The van der Waals surface area contributed by atoms with Gasteiger partial charge in [-0.3, -0.25) is 19.6 Å². The number of H-pyrrole nitrogens is 1. The molecule has 3 aromatic rings. The highest BCUT2D eigenvalue weighted by atomic mass is 32.2. The quantitative estimate of drug-likeness (QED) is 0.420. The molecule has 3 N–H and O–H groups in total. The number of hydrogen-bond donors (Lipinski definition) is 3. The van der Waals surface area contributed by atoms with E-state index >= 15 is 0 Å². The zero-order valence-corrected chi connectivity index (χ0v) is 15.2. The number of sulfonamides is 1. The van der Waals surface area contributed by atoms with Crippen LogP contribution < -0.4 is 10.0 Å². The molecule has 0 fully saturated rings. The third-order valence-corrected chi connectivity index (χ3v) is 5.02. The summed E-state index contributed by atoms with van der Waals surface area (Å²) in [7, 11) is -3.97. The third kappa shape index (κ3) is 4.12. The Bertz CT molecular complexity index is 1120. The predicted molar refractivity (Wildman–Crippen MR) is 99.4 cm³/mol. The van der Waals surface area contributed by atoms with Crippen LogP contribution in [0.2, 0.25) is 0 Å². The summed E-state index contributed by atoms with van der Waals surface area (Å²) >= 11 is 0. The summed E-state index contributed by atoms with van der Waals surface area (Å²) in [5.74, 6) is -1.02. The van der Waals surface area contributed by atoms with E-state index in [0.29, 0.717) is 0 Å². The first-order valence-electron chi connectivity index (χ1n) is 7.82. The number of nitro benzene ring substituents is 1. The summed E-state index contributed by atoms with van der Waals surface area (Å²) < 4.78 is 27.1. The minimum atomic E-state index is -3.97. The number of benzene rings is 2. The van der Waals surface area contributed by atoms with Crippen molar-refractivity contribution >= 4 is 33.1 Å². The molecule has 0 spiro atoms. The monoisotopic (exact) mass is 402 g/mol. The van der Waals surface area contributed by atoms with Gasteiger partial charge in [0, 0.05) is 17.8 Å². The normalized spacial score (nSPS) is 11.0. The highest BCUT2D eigenvalue weighted by Crippen LogP contribution is 2.19. The van der Waals surface area contributed by atoms with E-state index in [2.05, 4.69) is 25.4 Å². The van der Waals surface area contributed by atoms with Crippen molar-refractivity contribution in [1.29, 1.82) is 0 Å². The molecule has 28 heavy (non-hydrogen) atoms. The van der Waals surface area contributed by atoms with Crippen LogP contribution in [-0.2, 0) is 10.0 Å². The Morgan fingerprint density at radius 1 is 1.07 bits per heavy atom. The van der Waals surface area contributed by atoms with Gasteiger partial charge in [0.05, 0.1) is 9.82 Å². The van der Waals surface area contributed by atoms with Crippen molar-refractivity contribution in [3.05, 3.63) is 69.9 Å². The Balaban J connectivity index is 1.78. The molecule has 1 aromatic heterocycles. The second-order valence-electron chi connectivity index (χ2n) is 5.70. The van der Waals surface area contributed by atoms with Gasteiger partial charge in [0.2, 0.25) is 0 Å². The lowest BCUT2D eigenvalue weighted by Crippen LogP contribution is -2.18. The van der Waals surface area contributed by atoms with Crippen LogP contribution >= 0.6 is 0 Å². The van der Waals surface area contributed by atoms with Gasteiger partial charge in [-0.2, -0.15) is 5.21 Å². The minimum absolute atomic E-state index is 0.00262. The van der Waals surface area contributed by atoms with E-state index in [9.17, 15) is 23.3 Å². The second kappa shape index (κ2) is 7.44. The fraction of sp³-hybridized carbons (Fsp3) is 0.0625. The number of carbonyl (C=O) groups is 1. The van der Waals surface area contributed by atoms with Crippen molar-refractivity contribution in [2.75, 3.05) is 10.0 Å². The fourth-order valence-corrected chi connectivity index (χ4v) is 3.23. The van der Waals surface area contributed by atoms with E-state index < -0.39 is 20.9 Å². The number of non-ortho nitro benzene ring substituents is 1. The summed E-state index contributed by atoms with van der Waals surface area (Å²) in [6, 6.07) is 11.2. The van der Waals surface area contributed by atoms with Crippen molar-refractivity contribution in [1.82, 2.24) is 15.4 Å². The van der Waals surface area contributed by atoms with Gasteiger partial charge in [-0.15, -0.1) is 10.2 Å². The average Bonchev–Trinajstić information content (AvgIpc) is 3.10. The number of nitrogens with zero attached hydrogens (tertiary/aromatic N) is 3. The van der Waals surface area contributed by atoms with Crippen LogP contribution in [0.5, 0.6) is 0 Å². The summed E-state index contributed by atoms with van der Waals surface area (Å²) in [6.45, 7) is 1.82. The number of nitrogens with one attached hydrogen (secondary N) is 3. The van der Waals surface area contributed by atoms with Crippen LogP contribution in [0.4, 0.5) is 17.2 Å². The molecule has 2 aromatic carbocycles. The van der Waals surface area contributed by atoms with Crippen LogP contribution in [0.15, 0.2) is 53.4 Å². The van der Waals surface area contributed by atoms with E-state index in [0.717, 1.165) is 5.56 Å². The molecule has 3 rings (SSSR count). The standard InChI is InChI=1S/C16H14N6O5S/c1-10-2-8-13(9-3-10)28(26,27)20-15-14(18-21-19-15)16(23)17-11-4-6-12(7-5-11)22(24)25/h2-9H,1H3,(H,17,23)(H2,18,19,20,21). The zero-order chi connectivity index (χ0) is 20.3. The Labute approximate surface area is 159 Å². The molecule has 0 bridgehead atoms. The van der Waals surface area contributed by atoms with E-state index in [4.69, 9.17) is 0 Å². The molecule has 144 valence electrons. The van der Waals surface area contributed by atoms with E-state index in [1.54, 1.807) is 12.1 Å². The number of aromatic nitrogens is 3. The van der Waals surface area contributed by atoms with Crippen molar-refractivity contribution in [2.45, 2.75) is 11.8 Å². The number of aryl methyl sites for hydroxylation is 1. The molecule has 0 aliphatic heterocycles. The molecule has 0 aliphatic carbocycles. The fourth-order valence-electron chi connectivity index (χ4n) is 2.22. The number of anilines is 2. The molecule has 0 saturated heterocycles. The molecule has 0 saturated carbocycles. The summed E-state index contributed by atoms with van der Waals surface area (Å²) in [6.07, 6.45) is 0. The molecular formula is C16H14N6O5S. The highest BCUT2D eigenvalue weighted by molar-refractivity contribution is 7.92. The van der Waals surface area contributed by atoms with Crippen LogP contribution in [0.25, 0.3) is 0 Å². The number of amides is 1. The lowest BCUT2D eigenvalue weighted by molar-refractivity contribution is -0.384. The Morgan fingerprint density at radius 3 is 2.32 bits per heavy atom. The topological polar surface area (TPSA) is 160 Å². The summed E-state index contributed by atoms with van der Waals surface area (Å²) in [4.78, 5) is 22.5. The number of aromatic amines is 1. The minimum Gasteiger partial charge on any atom is -0.320 e. The number of hydrogen-bond acceptors (Lipinski definition) is 7. The van der Waals surface area contributed by atoms with Gasteiger partial charge in [-0.25, -0.2) is 8.42 Å². The zero-order valence-electron chi connectivity index (χ0n) is 14.4. The number of rotatable bonds is 6. The summed E-state index contributed by atoms with van der Waals surface area (Å²) in [5, 5.41) is 22.7. The SMILES string of the molecule is Cc1ccc(S(=O)(=O)Nc2n[nH]nc2C(=O)Nc2ccc([N+](=O)[O-])cc2)cc1. The van der Waals surface area contributed by atoms with Gasteiger partial charge in [-0.05, 0) is 31.2 Å². The Morgan fingerprint density at radius 2 is 1.71 bits per heavy atom. The van der Waals surface area contributed by atoms with Crippen molar-refractivity contribution in [3.8, 4) is 0 Å².